The van der Waals surface area contributed by atoms with Gasteiger partial charge < -0.3 is 22.1 Å². The number of nitrogens with zero attached hydrogens (tertiary/aromatic N) is 1. The second-order valence-electron chi connectivity index (χ2n) is 8.66. The highest BCUT2D eigenvalue weighted by atomic mass is 32.1. The molecule has 0 unspecified atom stereocenters. The van der Waals surface area contributed by atoms with Crippen molar-refractivity contribution >= 4 is 44.6 Å². The lowest BCUT2D eigenvalue weighted by atomic mass is 9.95. The van der Waals surface area contributed by atoms with Gasteiger partial charge in [-0.2, -0.15) is 0 Å². The number of fused-ring (bicyclic) bond motifs is 1. The van der Waals surface area contributed by atoms with Crippen LogP contribution >= 0.6 is 11.3 Å². The summed E-state index contributed by atoms with van der Waals surface area (Å²) in [5.41, 5.74) is 16.3. The first-order chi connectivity index (χ1) is 17.2. The molecule has 0 spiro atoms. The van der Waals surface area contributed by atoms with Gasteiger partial charge in [-0.1, -0.05) is 43.9 Å². The number of halogens is 1. The lowest BCUT2D eigenvalue weighted by molar-refractivity contribution is 0.262. The fraction of sp³-hybridized carbons (Fsp3) is 0.214. The average Bonchev–Trinajstić information content (AvgIpc) is 3.32. The van der Waals surface area contributed by atoms with E-state index >= 15 is 0 Å². The molecule has 6 nitrogen and oxygen atoms in total. The Labute approximate surface area is 213 Å². The van der Waals surface area contributed by atoms with Crippen LogP contribution < -0.4 is 22.1 Å². The van der Waals surface area contributed by atoms with Gasteiger partial charge in [0.15, 0.2) is 0 Å². The van der Waals surface area contributed by atoms with Gasteiger partial charge in [-0.25, -0.2) is 14.2 Å². The number of anilines is 3. The van der Waals surface area contributed by atoms with Crippen molar-refractivity contribution in [1.82, 2.24) is 4.98 Å². The molecule has 184 valence electrons. The van der Waals surface area contributed by atoms with Gasteiger partial charge in [0.1, 0.15) is 11.6 Å². The van der Waals surface area contributed by atoms with Crippen molar-refractivity contribution in [2.45, 2.75) is 39.2 Å². The van der Waals surface area contributed by atoms with E-state index in [1.54, 1.807) is 41.8 Å². The number of aromatic nitrogens is 1. The van der Waals surface area contributed by atoms with E-state index in [1.807, 2.05) is 38.3 Å². The zero-order valence-corrected chi connectivity index (χ0v) is 21.2. The standard InChI is InChI=1S/C28H28FN5OS/c1-4-28(31,5-2)13-12-19-15-32-26(30)24-21(16-36-25(19)24)18-7-9-20(10-8-18)33-27(35)34-23-14-17(3)6-11-22(23)29/h6-11,14-16H,4-5,31H2,1-3H3,(H2,30,32)(H2,33,34,35). The van der Waals surface area contributed by atoms with Crippen LogP contribution in [0.2, 0.25) is 0 Å². The number of hydrogen-bond donors (Lipinski definition) is 4. The summed E-state index contributed by atoms with van der Waals surface area (Å²) in [7, 11) is 0. The van der Waals surface area contributed by atoms with E-state index < -0.39 is 17.4 Å². The Hall–Kier alpha value is -3.93. The third kappa shape index (κ3) is 5.33. The Morgan fingerprint density at radius 2 is 1.86 bits per heavy atom. The third-order valence-electron chi connectivity index (χ3n) is 6.16. The number of rotatable bonds is 5. The molecule has 0 saturated heterocycles. The third-order valence-corrected chi connectivity index (χ3v) is 7.17. The molecule has 4 rings (SSSR count). The molecule has 2 heterocycles. The zero-order chi connectivity index (χ0) is 25.9. The molecule has 0 aliphatic rings. The fourth-order valence-electron chi connectivity index (χ4n) is 3.74. The second-order valence-corrected chi connectivity index (χ2v) is 9.54. The Morgan fingerprint density at radius 3 is 2.56 bits per heavy atom. The Morgan fingerprint density at radius 1 is 1.14 bits per heavy atom. The molecule has 0 aliphatic heterocycles. The quantitative estimate of drug-likeness (QED) is 0.234. The summed E-state index contributed by atoms with van der Waals surface area (Å²) >= 11 is 1.56. The minimum Gasteiger partial charge on any atom is -0.383 e. The number of nitrogen functional groups attached to an aromatic ring is 1. The van der Waals surface area contributed by atoms with Crippen molar-refractivity contribution in [3.05, 3.63) is 71.0 Å². The summed E-state index contributed by atoms with van der Waals surface area (Å²) in [5, 5.41) is 8.14. The topological polar surface area (TPSA) is 106 Å². The van der Waals surface area contributed by atoms with Gasteiger partial charge in [-0.3, -0.25) is 0 Å². The van der Waals surface area contributed by atoms with Gasteiger partial charge in [0, 0.05) is 22.8 Å². The van der Waals surface area contributed by atoms with Crippen LogP contribution in [0.15, 0.2) is 54.0 Å². The van der Waals surface area contributed by atoms with Crippen LogP contribution in [-0.4, -0.2) is 16.6 Å². The number of hydrogen-bond acceptors (Lipinski definition) is 5. The lowest BCUT2D eigenvalue weighted by Crippen LogP contribution is -2.36. The molecule has 0 fully saturated rings. The van der Waals surface area contributed by atoms with Crippen LogP contribution in [0.5, 0.6) is 0 Å². The summed E-state index contributed by atoms with van der Waals surface area (Å²) < 4.78 is 14.9. The van der Waals surface area contributed by atoms with Crippen LogP contribution in [-0.2, 0) is 0 Å². The summed E-state index contributed by atoms with van der Waals surface area (Å²) in [6.45, 7) is 5.89. The van der Waals surface area contributed by atoms with Gasteiger partial charge in [0.2, 0.25) is 0 Å². The Bertz CT molecular complexity index is 1480. The van der Waals surface area contributed by atoms with E-state index in [-0.39, 0.29) is 5.69 Å². The van der Waals surface area contributed by atoms with Crippen LogP contribution in [0.1, 0.15) is 37.8 Å². The molecule has 2 aromatic carbocycles. The predicted octanol–water partition coefficient (Wildman–Crippen LogP) is 6.51. The maximum atomic E-state index is 13.9. The van der Waals surface area contributed by atoms with Gasteiger partial charge >= 0.3 is 6.03 Å². The van der Waals surface area contributed by atoms with Crippen molar-refractivity contribution in [3.8, 4) is 23.0 Å². The smallest absolute Gasteiger partial charge is 0.323 e. The van der Waals surface area contributed by atoms with E-state index in [0.717, 1.165) is 45.2 Å². The van der Waals surface area contributed by atoms with Crippen molar-refractivity contribution < 1.29 is 9.18 Å². The van der Waals surface area contributed by atoms with E-state index in [1.165, 1.54) is 6.07 Å². The van der Waals surface area contributed by atoms with Gasteiger partial charge in [0.25, 0.3) is 0 Å². The molecular weight excluding hydrogens is 473 g/mol. The van der Waals surface area contributed by atoms with Crippen LogP contribution in [0, 0.1) is 24.6 Å². The van der Waals surface area contributed by atoms with Crippen molar-refractivity contribution in [3.63, 3.8) is 0 Å². The van der Waals surface area contributed by atoms with Crippen molar-refractivity contribution in [1.29, 1.82) is 0 Å². The molecule has 0 aliphatic carbocycles. The maximum absolute atomic E-state index is 13.9. The molecule has 4 aromatic rings. The van der Waals surface area contributed by atoms with Crippen LogP contribution in [0.25, 0.3) is 21.2 Å². The molecule has 0 bridgehead atoms. The van der Waals surface area contributed by atoms with Gasteiger partial charge in [-0.15, -0.1) is 11.3 Å². The minimum absolute atomic E-state index is 0.125. The predicted molar refractivity (Wildman–Crippen MR) is 148 cm³/mol. The Kier molecular flexibility index (Phi) is 7.25. The molecule has 2 aromatic heterocycles. The summed E-state index contributed by atoms with van der Waals surface area (Å²) in [4.78, 5) is 16.7. The molecule has 36 heavy (non-hydrogen) atoms. The number of carbonyl (C=O) groups is 1. The first kappa shape index (κ1) is 25.2. The fourth-order valence-corrected chi connectivity index (χ4v) is 4.79. The number of thiophene rings is 1. The number of benzene rings is 2. The van der Waals surface area contributed by atoms with Crippen LogP contribution in [0.3, 0.4) is 0 Å². The monoisotopic (exact) mass is 501 g/mol. The normalized spacial score (nSPS) is 11.1. The molecule has 0 atom stereocenters. The van der Waals surface area contributed by atoms with Crippen molar-refractivity contribution in [2.24, 2.45) is 5.73 Å². The number of nitrogens with two attached hydrogens (primary N) is 2. The first-order valence-electron chi connectivity index (χ1n) is 11.7. The summed E-state index contributed by atoms with van der Waals surface area (Å²) in [6, 6.07) is 11.4. The maximum Gasteiger partial charge on any atom is 0.323 e. The van der Waals surface area contributed by atoms with E-state index in [4.69, 9.17) is 11.5 Å². The highest BCUT2D eigenvalue weighted by molar-refractivity contribution is 7.18. The number of amides is 2. The highest BCUT2D eigenvalue weighted by Gasteiger charge is 2.17. The summed E-state index contributed by atoms with van der Waals surface area (Å²) in [6.07, 6.45) is 3.21. The summed E-state index contributed by atoms with van der Waals surface area (Å²) in [5.74, 6) is 6.36. The highest BCUT2D eigenvalue weighted by Crippen LogP contribution is 2.38. The molecule has 0 saturated carbocycles. The van der Waals surface area contributed by atoms with Gasteiger partial charge in [0.05, 0.1) is 21.5 Å². The van der Waals surface area contributed by atoms with Crippen molar-refractivity contribution in [2.75, 3.05) is 16.4 Å². The molecule has 8 heteroatoms. The number of aryl methyl sites for hydroxylation is 1. The Balaban J connectivity index is 1.57. The largest absolute Gasteiger partial charge is 0.383 e. The zero-order valence-electron chi connectivity index (χ0n) is 20.4. The lowest BCUT2D eigenvalue weighted by Gasteiger charge is -2.18. The average molecular weight is 502 g/mol. The number of carbonyl (C=O) groups excluding carboxylic acids is 1. The molecule has 6 N–H and O–H groups in total. The second kappa shape index (κ2) is 10.4. The van der Waals surface area contributed by atoms with E-state index in [2.05, 4.69) is 27.5 Å². The number of pyridine rings is 1. The molecule has 2 amide bonds. The number of urea groups is 1. The first-order valence-corrected chi connectivity index (χ1v) is 12.5. The van der Waals surface area contributed by atoms with E-state index in [9.17, 15) is 9.18 Å². The number of nitrogens with one attached hydrogen (secondary N) is 2. The molecular formula is C28H28FN5OS. The van der Waals surface area contributed by atoms with Crippen LogP contribution in [0.4, 0.5) is 26.4 Å². The molecule has 0 radical (unpaired) electrons. The van der Waals surface area contributed by atoms with Gasteiger partial charge in [-0.05, 0) is 60.5 Å². The van der Waals surface area contributed by atoms with E-state index in [0.29, 0.717) is 11.5 Å². The minimum atomic E-state index is -0.534. The SMILES string of the molecule is CCC(N)(C#Cc1cnc(N)c2c(-c3ccc(NC(=O)Nc4cc(C)ccc4F)cc3)csc12)CC.